The van der Waals surface area contributed by atoms with Crippen molar-refractivity contribution >= 4 is 44.9 Å². The van der Waals surface area contributed by atoms with Crippen LogP contribution in [0, 0.1) is 5.92 Å². The molecule has 1 saturated heterocycles. The molecular formula is C16H20ClN3O2S. The summed E-state index contributed by atoms with van der Waals surface area (Å²) in [5, 5.41) is 1.29. The third kappa shape index (κ3) is 3.43. The van der Waals surface area contributed by atoms with Crippen molar-refractivity contribution in [3.05, 3.63) is 16.2 Å². The number of hydrogen-bond acceptors (Lipinski definition) is 6. The Balaban J connectivity index is 1.92. The number of anilines is 1. The SMILES string of the molecule is CCOC(=O)C1CCCN(c2nc(Cl)nc3sc(CC)cc23)C1. The van der Waals surface area contributed by atoms with Crippen LogP contribution in [0.4, 0.5) is 5.82 Å². The molecule has 0 amide bonds. The molecule has 0 radical (unpaired) electrons. The first-order valence-electron chi connectivity index (χ1n) is 7.99. The minimum Gasteiger partial charge on any atom is -0.466 e. The van der Waals surface area contributed by atoms with Gasteiger partial charge in [0.25, 0.3) is 0 Å². The number of carbonyl (C=O) groups is 1. The van der Waals surface area contributed by atoms with Crippen molar-refractivity contribution in [2.45, 2.75) is 33.1 Å². The molecule has 0 N–H and O–H groups in total. The van der Waals surface area contributed by atoms with Gasteiger partial charge >= 0.3 is 5.97 Å². The predicted octanol–water partition coefficient (Wildman–Crippen LogP) is 3.69. The van der Waals surface area contributed by atoms with Crippen LogP contribution in [0.5, 0.6) is 0 Å². The largest absolute Gasteiger partial charge is 0.466 e. The van der Waals surface area contributed by atoms with Crippen LogP contribution < -0.4 is 4.90 Å². The number of esters is 1. The van der Waals surface area contributed by atoms with Crippen molar-refractivity contribution < 1.29 is 9.53 Å². The van der Waals surface area contributed by atoms with Gasteiger partial charge in [-0.3, -0.25) is 4.79 Å². The first-order chi connectivity index (χ1) is 11.1. The number of aromatic nitrogens is 2. The first kappa shape index (κ1) is 16.5. The number of nitrogens with zero attached hydrogens (tertiary/aromatic N) is 3. The van der Waals surface area contributed by atoms with E-state index in [0.29, 0.717) is 13.2 Å². The number of fused-ring (bicyclic) bond motifs is 1. The molecule has 0 saturated carbocycles. The Morgan fingerprint density at radius 2 is 2.30 bits per heavy atom. The molecule has 5 nitrogen and oxygen atoms in total. The Morgan fingerprint density at radius 3 is 3.04 bits per heavy atom. The number of ether oxygens (including phenoxy) is 1. The summed E-state index contributed by atoms with van der Waals surface area (Å²) in [5.41, 5.74) is 0. The molecule has 7 heteroatoms. The summed E-state index contributed by atoms with van der Waals surface area (Å²) < 4.78 is 5.18. The van der Waals surface area contributed by atoms with Crippen LogP contribution in [-0.4, -0.2) is 35.6 Å². The van der Waals surface area contributed by atoms with Gasteiger partial charge in [-0.25, -0.2) is 4.98 Å². The maximum absolute atomic E-state index is 12.1. The lowest BCUT2D eigenvalue weighted by molar-refractivity contribution is -0.148. The molecule has 1 aliphatic rings. The second-order valence-corrected chi connectivity index (χ2v) is 7.09. The van der Waals surface area contributed by atoms with Crippen LogP contribution in [0.25, 0.3) is 10.2 Å². The van der Waals surface area contributed by atoms with E-state index in [1.165, 1.54) is 4.88 Å². The molecule has 1 fully saturated rings. The minimum atomic E-state index is -0.117. The maximum atomic E-state index is 12.1. The zero-order chi connectivity index (χ0) is 16.4. The van der Waals surface area contributed by atoms with Crippen LogP contribution in [0.2, 0.25) is 5.28 Å². The average Bonchev–Trinajstić information content (AvgIpc) is 2.97. The summed E-state index contributed by atoms with van der Waals surface area (Å²) in [6, 6.07) is 2.14. The highest BCUT2D eigenvalue weighted by atomic mass is 35.5. The zero-order valence-electron chi connectivity index (χ0n) is 13.3. The van der Waals surface area contributed by atoms with Crippen molar-refractivity contribution in [1.82, 2.24) is 9.97 Å². The van der Waals surface area contributed by atoms with Gasteiger partial charge in [0, 0.05) is 18.0 Å². The molecule has 1 atom stereocenters. The average molecular weight is 354 g/mol. The van der Waals surface area contributed by atoms with Crippen molar-refractivity contribution in [3.8, 4) is 0 Å². The van der Waals surface area contributed by atoms with Crippen LogP contribution in [0.1, 0.15) is 31.6 Å². The van der Waals surface area contributed by atoms with Gasteiger partial charge < -0.3 is 9.64 Å². The van der Waals surface area contributed by atoms with Crippen molar-refractivity contribution in [2.75, 3.05) is 24.6 Å². The second kappa shape index (κ2) is 7.01. The Kier molecular flexibility index (Phi) is 5.02. The Bertz CT molecular complexity index is 719. The molecular weight excluding hydrogens is 334 g/mol. The Labute approximate surface area is 144 Å². The highest BCUT2D eigenvalue weighted by Gasteiger charge is 2.29. The fraction of sp³-hybridized carbons (Fsp3) is 0.562. The molecule has 0 aromatic carbocycles. The molecule has 1 unspecified atom stereocenters. The van der Waals surface area contributed by atoms with Gasteiger partial charge in [0.05, 0.1) is 17.9 Å². The van der Waals surface area contributed by atoms with E-state index in [9.17, 15) is 4.79 Å². The third-order valence-corrected chi connectivity index (χ3v) is 5.43. The fourth-order valence-corrected chi connectivity index (χ4v) is 4.14. The fourth-order valence-electron chi connectivity index (χ4n) is 2.97. The third-order valence-electron chi connectivity index (χ3n) is 4.09. The lowest BCUT2D eigenvalue weighted by Gasteiger charge is -2.32. The molecule has 2 aromatic rings. The van der Waals surface area contributed by atoms with Crippen LogP contribution in [0.15, 0.2) is 6.07 Å². The summed E-state index contributed by atoms with van der Waals surface area (Å²) in [6.45, 7) is 5.87. The lowest BCUT2D eigenvalue weighted by atomic mass is 9.98. The number of hydrogen-bond donors (Lipinski definition) is 0. The highest BCUT2D eigenvalue weighted by Crippen LogP contribution is 2.34. The van der Waals surface area contributed by atoms with Crippen LogP contribution in [-0.2, 0) is 16.0 Å². The molecule has 0 aliphatic carbocycles. The number of thiophene rings is 1. The molecule has 23 heavy (non-hydrogen) atoms. The van der Waals surface area contributed by atoms with Crippen LogP contribution >= 0.6 is 22.9 Å². The van der Waals surface area contributed by atoms with E-state index in [4.69, 9.17) is 16.3 Å². The van der Waals surface area contributed by atoms with Gasteiger partial charge in [0.1, 0.15) is 10.6 Å². The van der Waals surface area contributed by atoms with Gasteiger partial charge in [-0.2, -0.15) is 4.98 Å². The molecule has 2 aromatic heterocycles. The number of aryl methyl sites for hydroxylation is 1. The summed E-state index contributed by atoms with van der Waals surface area (Å²) in [5.74, 6) is 0.620. The lowest BCUT2D eigenvalue weighted by Crippen LogP contribution is -2.40. The Morgan fingerprint density at radius 1 is 1.48 bits per heavy atom. The number of carbonyl (C=O) groups excluding carboxylic acids is 1. The molecule has 124 valence electrons. The van der Waals surface area contributed by atoms with Crippen molar-refractivity contribution in [1.29, 1.82) is 0 Å². The standard InChI is InChI=1S/C16H20ClN3O2S/c1-3-11-8-12-13(18-16(17)19-14(12)23-11)20-7-5-6-10(9-20)15(21)22-4-2/h8,10H,3-7,9H2,1-2H3. The van der Waals surface area contributed by atoms with E-state index < -0.39 is 0 Å². The monoisotopic (exact) mass is 353 g/mol. The second-order valence-electron chi connectivity index (χ2n) is 5.64. The minimum absolute atomic E-state index is 0.100. The van der Waals surface area contributed by atoms with E-state index in [-0.39, 0.29) is 17.2 Å². The van der Waals surface area contributed by atoms with Crippen molar-refractivity contribution in [2.24, 2.45) is 5.92 Å². The van der Waals surface area contributed by atoms with Crippen LogP contribution in [0.3, 0.4) is 0 Å². The molecule has 3 heterocycles. The quantitative estimate of drug-likeness (QED) is 0.619. The molecule has 0 bridgehead atoms. The van der Waals surface area contributed by atoms with Gasteiger partial charge in [-0.05, 0) is 43.9 Å². The maximum Gasteiger partial charge on any atom is 0.310 e. The zero-order valence-corrected chi connectivity index (χ0v) is 14.9. The van der Waals surface area contributed by atoms with Gasteiger partial charge in [0.15, 0.2) is 0 Å². The number of halogens is 1. The van der Waals surface area contributed by atoms with E-state index >= 15 is 0 Å². The summed E-state index contributed by atoms with van der Waals surface area (Å²) in [6.07, 6.45) is 2.77. The van der Waals surface area contributed by atoms with E-state index in [2.05, 4.69) is 27.9 Å². The summed E-state index contributed by atoms with van der Waals surface area (Å²) in [7, 11) is 0. The first-order valence-corrected chi connectivity index (χ1v) is 9.19. The summed E-state index contributed by atoms with van der Waals surface area (Å²) >= 11 is 7.76. The molecule has 3 rings (SSSR count). The van der Waals surface area contributed by atoms with E-state index in [1.54, 1.807) is 11.3 Å². The topological polar surface area (TPSA) is 55.3 Å². The molecule has 1 aliphatic heterocycles. The smallest absolute Gasteiger partial charge is 0.310 e. The Hall–Kier alpha value is -1.40. The van der Waals surface area contributed by atoms with Gasteiger partial charge in [0.2, 0.25) is 5.28 Å². The normalized spacial score (nSPS) is 18.4. The highest BCUT2D eigenvalue weighted by molar-refractivity contribution is 7.18. The van der Waals surface area contributed by atoms with E-state index in [0.717, 1.165) is 41.8 Å². The predicted molar refractivity (Wildman–Crippen MR) is 93.4 cm³/mol. The van der Waals surface area contributed by atoms with Gasteiger partial charge in [-0.1, -0.05) is 6.92 Å². The summed E-state index contributed by atoms with van der Waals surface area (Å²) in [4.78, 5) is 25.2. The van der Waals surface area contributed by atoms with Gasteiger partial charge in [-0.15, -0.1) is 11.3 Å². The van der Waals surface area contributed by atoms with E-state index in [1.807, 2.05) is 6.92 Å². The molecule has 0 spiro atoms. The van der Waals surface area contributed by atoms with Crippen molar-refractivity contribution in [3.63, 3.8) is 0 Å². The number of piperidine rings is 1. The number of rotatable bonds is 4.